The first-order chi connectivity index (χ1) is 15.0. The summed E-state index contributed by atoms with van der Waals surface area (Å²) in [6, 6.07) is 11.4. The van der Waals surface area contributed by atoms with Crippen LogP contribution in [-0.2, 0) is 6.54 Å². The summed E-state index contributed by atoms with van der Waals surface area (Å²) in [5, 5.41) is 10.9. The number of aromatic hydroxyl groups is 1. The normalized spacial score (nSPS) is 14.6. The van der Waals surface area contributed by atoms with Crippen molar-refractivity contribution in [3.63, 3.8) is 0 Å². The number of fused-ring (bicyclic) bond motifs is 1. The van der Waals surface area contributed by atoms with Gasteiger partial charge in [-0.05, 0) is 36.8 Å². The number of pyridine rings is 1. The summed E-state index contributed by atoms with van der Waals surface area (Å²) >= 11 is 0. The van der Waals surface area contributed by atoms with Crippen molar-refractivity contribution < 1.29 is 19.3 Å². The Kier molecular flexibility index (Phi) is 6.04. The Morgan fingerprint density at radius 2 is 1.65 bits per heavy atom. The van der Waals surface area contributed by atoms with Gasteiger partial charge in [0.05, 0.1) is 26.8 Å². The van der Waals surface area contributed by atoms with Crippen molar-refractivity contribution >= 4 is 16.7 Å². The van der Waals surface area contributed by atoms with Crippen molar-refractivity contribution in [1.82, 2.24) is 9.88 Å². The minimum absolute atomic E-state index is 0.241. The van der Waals surface area contributed by atoms with Crippen LogP contribution in [0, 0.1) is 6.92 Å². The van der Waals surface area contributed by atoms with Crippen molar-refractivity contribution in [2.45, 2.75) is 13.5 Å². The molecule has 4 rings (SSSR count). The third-order valence-corrected chi connectivity index (χ3v) is 5.86. The van der Waals surface area contributed by atoms with E-state index in [1.54, 1.807) is 33.5 Å². The van der Waals surface area contributed by atoms with Crippen molar-refractivity contribution in [2.75, 3.05) is 52.4 Å². The van der Waals surface area contributed by atoms with Gasteiger partial charge in [0, 0.05) is 49.7 Å². The maximum absolute atomic E-state index is 9.82. The largest absolute Gasteiger partial charge is 0.508 e. The molecule has 7 heteroatoms. The standard InChI is InChI=1S/C24H29N3O4/c1-16-13-22(25-20-14-18(28)6-7-19(16)20)27-11-9-26(10-12-27)15-17-5-8-21(29-2)24(31-4)23(17)30-3/h5-8,13-14,28H,9-12,15H2,1-4H3. The summed E-state index contributed by atoms with van der Waals surface area (Å²) in [4.78, 5) is 9.50. The van der Waals surface area contributed by atoms with Gasteiger partial charge in [-0.1, -0.05) is 6.07 Å². The Hall–Kier alpha value is -3.19. The Bertz CT molecular complexity index is 1080. The first-order valence-corrected chi connectivity index (χ1v) is 10.4. The minimum atomic E-state index is 0.241. The molecular formula is C24H29N3O4. The second-order valence-electron chi connectivity index (χ2n) is 7.76. The SMILES string of the molecule is COc1ccc(CN2CCN(c3cc(C)c4ccc(O)cc4n3)CC2)c(OC)c1OC. The molecule has 0 aliphatic carbocycles. The van der Waals surface area contributed by atoms with Gasteiger partial charge >= 0.3 is 0 Å². The Morgan fingerprint density at radius 3 is 2.32 bits per heavy atom. The molecule has 164 valence electrons. The van der Waals surface area contributed by atoms with E-state index in [4.69, 9.17) is 19.2 Å². The summed E-state index contributed by atoms with van der Waals surface area (Å²) < 4.78 is 16.5. The zero-order chi connectivity index (χ0) is 22.0. The third-order valence-electron chi connectivity index (χ3n) is 5.86. The van der Waals surface area contributed by atoms with Crippen LogP contribution in [0.25, 0.3) is 10.9 Å². The Balaban J connectivity index is 1.48. The molecule has 1 N–H and O–H groups in total. The zero-order valence-electron chi connectivity index (χ0n) is 18.5. The quantitative estimate of drug-likeness (QED) is 0.650. The number of aromatic nitrogens is 1. The van der Waals surface area contributed by atoms with Gasteiger partial charge in [-0.15, -0.1) is 0 Å². The second kappa shape index (κ2) is 8.89. The van der Waals surface area contributed by atoms with Crippen LogP contribution in [-0.4, -0.2) is 62.5 Å². The molecule has 0 spiro atoms. The number of phenolic OH excluding ortho intramolecular Hbond substituents is 1. The van der Waals surface area contributed by atoms with Gasteiger partial charge < -0.3 is 24.2 Å². The highest BCUT2D eigenvalue weighted by Gasteiger charge is 2.22. The van der Waals surface area contributed by atoms with Crippen LogP contribution in [0.2, 0.25) is 0 Å². The average Bonchev–Trinajstić information content (AvgIpc) is 2.78. The van der Waals surface area contributed by atoms with E-state index in [-0.39, 0.29) is 5.75 Å². The molecule has 7 nitrogen and oxygen atoms in total. The minimum Gasteiger partial charge on any atom is -0.508 e. The van der Waals surface area contributed by atoms with E-state index in [0.29, 0.717) is 11.5 Å². The molecule has 2 heterocycles. The number of phenols is 1. The highest BCUT2D eigenvalue weighted by atomic mass is 16.5. The average molecular weight is 424 g/mol. The maximum Gasteiger partial charge on any atom is 0.203 e. The lowest BCUT2D eigenvalue weighted by atomic mass is 10.1. The lowest BCUT2D eigenvalue weighted by Gasteiger charge is -2.36. The smallest absolute Gasteiger partial charge is 0.203 e. The molecule has 0 radical (unpaired) electrons. The van der Waals surface area contributed by atoms with Gasteiger partial charge in [-0.2, -0.15) is 0 Å². The van der Waals surface area contributed by atoms with Crippen LogP contribution < -0.4 is 19.1 Å². The number of ether oxygens (including phenoxy) is 3. The monoisotopic (exact) mass is 423 g/mol. The van der Waals surface area contributed by atoms with Crippen molar-refractivity contribution in [3.05, 3.63) is 47.5 Å². The number of benzene rings is 2. The fourth-order valence-corrected chi connectivity index (χ4v) is 4.20. The molecule has 1 fully saturated rings. The van der Waals surface area contributed by atoms with Gasteiger partial charge in [-0.3, -0.25) is 4.90 Å². The molecule has 2 aromatic carbocycles. The van der Waals surface area contributed by atoms with E-state index in [2.05, 4.69) is 22.8 Å². The van der Waals surface area contributed by atoms with E-state index in [9.17, 15) is 5.11 Å². The van der Waals surface area contributed by atoms with Gasteiger partial charge in [0.2, 0.25) is 5.75 Å². The number of nitrogens with zero attached hydrogens (tertiary/aromatic N) is 3. The first kappa shape index (κ1) is 21.1. The van der Waals surface area contributed by atoms with Crippen LogP contribution in [0.15, 0.2) is 36.4 Å². The fraction of sp³-hybridized carbons (Fsp3) is 0.375. The van der Waals surface area contributed by atoms with Gasteiger partial charge in [0.25, 0.3) is 0 Å². The highest BCUT2D eigenvalue weighted by molar-refractivity contribution is 5.85. The molecule has 1 aromatic heterocycles. The van der Waals surface area contributed by atoms with Crippen molar-refractivity contribution in [1.29, 1.82) is 0 Å². The second-order valence-corrected chi connectivity index (χ2v) is 7.76. The third kappa shape index (κ3) is 4.18. The molecule has 0 bridgehead atoms. The molecule has 3 aromatic rings. The predicted molar refractivity (Wildman–Crippen MR) is 122 cm³/mol. The molecule has 0 atom stereocenters. The molecule has 31 heavy (non-hydrogen) atoms. The van der Waals surface area contributed by atoms with Crippen LogP contribution >= 0.6 is 0 Å². The van der Waals surface area contributed by atoms with Crippen LogP contribution in [0.4, 0.5) is 5.82 Å². The van der Waals surface area contributed by atoms with E-state index in [1.807, 2.05) is 18.2 Å². The lowest BCUT2D eigenvalue weighted by molar-refractivity contribution is 0.243. The number of aryl methyl sites for hydroxylation is 1. The van der Waals surface area contributed by atoms with Gasteiger partial charge in [-0.25, -0.2) is 4.98 Å². The fourth-order valence-electron chi connectivity index (χ4n) is 4.20. The Labute approximate surface area is 182 Å². The van der Waals surface area contributed by atoms with E-state index < -0.39 is 0 Å². The number of rotatable bonds is 6. The molecule has 0 unspecified atom stereocenters. The molecule has 1 aliphatic heterocycles. The molecule has 1 aliphatic rings. The summed E-state index contributed by atoms with van der Waals surface area (Å²) in [5.41, 5.74) is 3.06. The van der Waals surface area contributed by atoms with Crippen molar-refractivity contribution in [2.24, 2.45) is 0 Å². The topological polar surface area (TPSA) is 67.3 Å². The van der Waals surface area contributed by atoms with Crippen LogP contribution in [0.1, 0.15) is 11.1 Å². The number of hydrogen-bond acceptors (Lipinski definition) is 7. The van der Waals surface area contributed by atoms with Gasteiger partial charge in [0.1, 0.15) is 11.6 Å². The first-order valence-electron chi connectivity index (χ1n) is 10.4. The number of anilines is 1. The Morgan fingerprint density at radius 1 is 0.903 bits per heavy atom. The van der Waals surface area contributed by atoms with E-state index in [0.717, 1.165) is 66.3 Å². The van der Waals surface area contributed by atoms with Crippen molar-refractivity contribution in [3.8, 4) is 23.0 Å². The number of hydrogen-bond donors (Lipinski definition) is 1. The van der Waals surface area contributed by atoms with Crippen LogP contribution in [0.5, 0.6) is 23.0 Å². The zero-order valence-corrected chi connectivity index (χ0v) is 18.5. The molecular weight excluding hydrogens is 394 g/mol. The molecule has 1 saturated heterocycles. The molecule has 0 amide bonds. The van der Waals surface area contributed by atoms with E-state index in [1.165, 1.54) is 0 Å². The summed E-state index contributed by atoms with van der Waals surface area (Å²) in [5.74, 6) is 3.21. The number of methoxy groups -OCH3 is 3. The molecule has 0 saturated carbocycles. The van der Waals surface area contributed by atoms with Crippen LogP contribution in [0.3, 0.4) is 0 Å². The van der Waals surface area contributed by atoms with E-state index >= 15 is 0 Å². The predicted octanol–water partition coefficient (Wildman–Crippen LogP) is 3.60. The summed E-state index contributed by atoms with van der Waals surface area (Å²) in [6.45, 7) is 6.45. The lowest BCUT2D eigenvalue weighted by Crippen LogP contribution is -2.46. The van der Waals surface area contributed by atoms with Gasteiger partial charge in [0.15, 0.2) is 11.5 Å². The highest BCUT2D eigenvalue weighted by Crippen LogP contribution is 2.40. The summed E-state index contributed by atoms with van der Waals surface area (Å²) in [6.07, 6.45) is 0. The number of piperazine rings is 1. The maximum atomic E-state index is 9.82. The summed E-state index contributed by atoms with van der Waals surface area (Å²) in [7, 11) is 4.91.